The lowest BCUT2D eigenvalue weighted by atomic mass is 10.1. The van der Waals surface area contributed by atoms with Crippen LogP contribution in [0.4, 0.5) is 4.39 Å². The van der Waals surface area contributed by atoms with E-state index < -0.39 is 11.7 Å². The summed E-state index contributed by atoms with van der Waals surface area (Å²) in [5, 5.41) is 14.0. The van der Waals surface area contributed by atoms with Crippen molar-refractivity contribution in [2.75, 3.05) is 13.2 Å². The molecule has 1 atom stereocenters. The molecule has 2 rings (SSSR count). The van der Waals surface area contributed by atoms with E-state index in [1.165, 1.54) is 18.2 Å². The molecule has 1 aliphatic rings. The Morgan fingerprint density at radius 2 is 2.33 bits per heavy atom. The van der Waals surface area contributed by atoms with Gasteiger partial charge in [-0.1, -0.05) is 11.8 Å². The molecule has 1 heterocycles. The average Bonchev–Trinajstić information content (AvgIpc) is 2.84. The highest BCUT2D eigenvalue weighted by molar-refractivity contribution is 5.97. The predicted molar refractivity (Wildman–Crippen MR) is 73.9 cm³/mol. The number of rotatable bonds is 3. The Morgan fingerprint density at radius 1 is 1.52 bits per heavy atom. The molecule has 0 spiro atoms. The second-order valence-corrected chi connectivity index (χ2v) is 4.64. The monoisotopic (exact) mass is 290 g/mol. The second kappa shape index (κ2) is 6.86. The number of carbonyl (C=O) groups excluding carboxylic acids is 2. The quantitative estimate of drug-likeness (QED) is 0.695. The Kier molecular flexibility index (Phi) is 4.90. The summed E-state index contributed by atoms with van der Waals surface area (Å²) in [6.07, 6.45) is 0.483. The molecule has 2 amide bonds. The fraction of sp³-hybridized carbons (Fsp3) is 0.333. The van der Waals surface area contributed by atoms with Gasteiger partial charge in [-0.2, -0.15) is 0 Å². The molecule has 1 aromatic carbocycles. The molecule has 6 heteroatoms. The number of carbonyl (C=O) groups is 2. The SMILES string of the molecule is O=C1CC(NC(=O)c2ccc(F)cc2C#CCCO)CN1. The van der Waals surface area contributed by atoms with Gasteiger partial charge >= 0.3 is 0 Å². The minimum atomic E-state index is -0.488. The molecule has 1 aliphatic heterocycles. The van der Waals surface area contributed by atoms with Crippen molar-refractivity contribution in [2.45, 2.75) is 18.9 Å². The van der Waals surface area contributed by atoms with Gasteiger partial charge in [-0.3, -0.25) is 9.59 Å². The van der Waals surface area contributed by atoms with Crippen molar-refractivity contribution in [3.8, 4) is 11.8 Å². The van der Waals surface area contributed by atoms with Gasteiger partial charge in [-0.15, -0.1) is 0 Å². The van der Waals surface area contributed by atoms with Gasteiger partial charge in [0, 0.05) is 24.9 Å². The molecule has 21 heavy (non-hydrogen) atoms. The van der Waals surface area contributed by atoms with Crippen molar-refractivity contribution in [1.82, 2.24) is 10.6 Å². The minimum absolute atomic E-state index is 0.0975. The van der Waals surface area contributed by atoms with Crippen LogP contribution in [0.25, 0.3) is 0 Å². The van der Waals surface area contributed by atoms with Crippen LogP contribution in [0.1, 0.15) is 28.8 Å². The van der Waals surface area contributed by atoms with Crippen molar-refractivity contribution in [3.05, 3.63) is 35.1 Å². The van der Waals surface area contributed by atoms with Crippen LogP contribution >= 0.6 is 0 Å². The number of halogens is 1. The fourth-order valence-electron chi connectivity index (χ4n) is 2.00. The van der Waals surface area contributed by atoms with E-state index in [0.29, 0.717) is 6.54 Å². The van der Waals surface area contributed by atoms with E-state index in [-0.39, 0.29) is 42.5 Å². The van der Waals surface area contributed by atoms with Crippen LogP contribution in [0.15, 0.2) is 18.2 Å². The van der Waals surface area contributed by atoms with Crippen LogP contribution < -0.4 is 10.6 Å². The maximum Gasteiger partial charge on any atom is 0.252 e. The Morgan fingerprint density at radius 3 is 3.00 bits per heavy atom. The standard InChI is InChI=1S/C15H15FN2O3/c16-11-4-5-13(10(7-11)3-1-2-6-19)15(21)18-12-8-14(20)17-9-12/h4-5,7,12,19H,2,6,8-9H2,(H,17,20)(H,18,21). The topological polar surface area (TPSA) is 78.4 Å². The van der Waals surface area contributed by atoms with Crippen molar-refractivity contribution >= 4 is 11.8 Å². The van der Waals surface area contributed by atoms with Crippen LogP contribution in [0.2, 0.25) is 0 Å². The Hall–Kier alpha value is -2.39. The van der Waals surface area contributed by atoms with Crippen LogP contribution in [0.5, 0.6) is 0 Å². The van der Waals surface area contributed by atoms with Gasteiger partial charge in [0.2, 0.25) is 5.91 Å². The summed E-state index contributed by atoms with van der Waals surface area (Å²) in [5.74, 6) is 4.34. The highest BCUT2D eigenvalue weighted by Crippen LogP contribution is 2.11. The summed E-state index contributed by atoms with van der Waals surface area (Å²) in [6, 6.07) is 3.45. The summed E-state index contributed by atoms with van der Waals surface area (Å²) >= 11 is 0. The van der Waals surface area contributed by atoms with Crippen molar-refractivity contribution in [2.24, 2.45) is 0 Å². The molecular weight excluding hydrogens is 275 g/mol. The number of aliphatic hydroxyl groups excluding tert-OH is 1. The van der Waals surface area contributed by atoms with Gasteiger partial charge in [0.1, 0.15) is 5.82 Å². The molecule has 0 aromatic heterocycles. The van der Waals surface area contributed by atoms with Gasteiger partial charge < -0.3 is 15.7 Å². The van der Waals surface area contributed by atoms with E-state index in [0.717, 1.165) is 0 Å². The van der Waals surface area contributed by atoms with E-state index in [4.69, 9.17) is 5.11 Å². The van der Waals surface area contributed by atoms with Crippen LogP contribution in [-0.2, 0) is 4.79 Å². The Bertz CT molecular complexity index is 619. The largest absolute Gasteiger partial charge is 0.395 e. The van der Waals surface area contributed by atoms with Crippen molar-refractivity contribution in [1.29, 1.82) is 0 Å². The molecule has 1 aromatic rings. The van der Waals surface area contributed by atoms with E-state index >= 15 is 0 Å². The van der Waals surface area contributed by atoms with Gasteiger partial charge in [-0.05, 0) is 18.2 Å². The highest BCUT2D eigenvalue weighted by Gasteiger charge is 2.24. The van der Waals surface area contributed by atoms with Gasteiger partial charge in [0.05, 0.1) is 18.2 Å². The molecule has 0 saturated carbocycles. The molecule has 0 bridgehead atoms. The van der Waals surface area contributed by atoms with Gasteiger partial charge in [0.25, 0.3) is 5.91 Å². The summed E-state index contributed by atoms with van der Waals surface area (Å²) in [5.41, 5.74) is 0.513. The minimum Gasteiger partial charge on any atom is -0.395 e. The maximum absolute atomic E-state index is 13.3. The molecule has 1 saturated heterocycles. The molecule has 0 radical (unpaired) electrons. The summed E-state index contributed by atoms with van der Waals surface area (Å²) in [4.78, 5) is 23.3. The average molecular weight is 290 g/mol. The first-order chi connectivity index (χ1) is 10.1. The van der Waals surface area contributed by atoms with E-state index in [1.807, 2.05) is 0 Å². The molecule has 1 fully saturated rings. The molecule has 3 N–H and O–H groups in total. The molecule has 5 nitrogen and oxygen atoms in total. The molecular formula is C15H15FN2O3. The third-order valence-corrected chi connectivity index (χ3v) is 3.00. The molecule has 1 unspecified atom stereocenters. The van der Waals surface area contributed by atoms with E-state index in [2.05, 4.69) is 22.5 Å². The number of hydrogen-bond donors (Lipinski definition) is 3. The maximum atomic E-state index is 13.3. The summed E-state index contributed by atoms with van der Waals surface area (Å²) in [7, 11) is 0. The summed E-state index contributed by atoms with van der Waals surface area (Å²) in [6.45, 7) is 0.289. The normalized spacial score (nSPS) is 16.9. The number of benzene rings is 1. The first-order valence-electron chi connectivity index (χ1n) is 6.57. The number of nitrogens with one attached hydrogen (secondary N) is 2. The third kappa shape index (κ3) is 4.04. The number of hydrogen-bond acceptors (Lipinski definition) is 3. The van der Waals surface area contributed by atoms with Crippen LogP contribution in [0, 0.1) is 17.7 Å². The first kappa shape index (κ1) is 15.0. The van der Waals surface area contributed by atoms with Gasteiger partial charge in [-0.25, -0.2) is 4.39 Å². The third-order valence-electron chi connectivity index (χ3n) is 3.00. The Balaban J connectivity index is 2.16. The van der Waals surface area contributed by atoms with Crippen molar-refractivity contribution in [3.63, 3.8) is 0 Å². The van der Waals surface area contributed by atoms with Crippen molar-refractivity contribution < 1.29 is 19.1 Å². The van der Waals surface area contributed by atoms with Crippen LogP contribution in [-0.4, -0.2) is 36.1 Å². The summed E-state index contributed by atoms with van der Waals surface area (Å²) < 4.78 is 13.3. The zero-order valence-electron chi connectivity index (χ0n) is 11.3. The van der Waals surface area contributed by atoms with E-state index in [9.17, 15) is 14.0 Å². The number of aliphatic hydroxyl groups is 1. The zero-order chi connectivity index (χ0) is 15.2. The van der Waals surface area contributed by atoms with Crippen LogP contribution in [0.3, 0.4) is 0 Å². The smallest absolute Gasteiger partial charge is 0.252 e. The van der Waals surface area contributed by atoms with Gasteiger partial charge in [0.15, 0.2) is 0 Å². The zero-order valence-corrected chi connectivity index (χ0v) is 11.3. The lowest BCUT2D eigenvalue weighted by Gasteiger charge is -2.11. The predicted octanol–water partition coefficient (Wildman–Crippen LogP) is 0.178. The number of amides is 2. The molecule has 110 valence electrons. The Labute approximate surface area is 121 Å². The highest BCUT2D eigenvalue weighted by atomic mass is 19.1. The lowest BCUT2D eigenvalue weighted by Crippen LogP contribution is -2.36. The lowest BCUT2D eigenvalue weighted by molar-refractivity contribution is -0.119. The fourth-order valence-corrected chi connectivity index (χ4v) is 2.00. The van der Waals surface area contributed by atoms with E-state index in [1.54, 1.807) is 0 Å². The second-order valence-electron chi connectivity index (χ2n) is 4.64. The molecule has 0 aliphatic carbocycles. The first-order valence-corrected chi connectivity index (χ1v) is 6.57.